The van der Waals surface area contributed by atoms with E-state index >= 15 is 0 Å². The minimum absolute atomic E-state index is 0.0655. The van der Waals surface area contributed by atoms with Gasteiger partial charge < -0.3 is 14.8 Å². The quantitative estimate of drug-likeness (QED) is 0.881. The second kappa shape index (κ2) is 7.88. The molecule has 6 heteroatoms. The van der Waals surface area contributed by atoms with E-state index in [9.17, 15) is 14.0 Å². The summed E-state index contributed by atoms with van der Waals surface area (Å²) in [7, 11) is 3.79. The van der Waals surface area contributed by atoms with Crippen LogP contribution in [0.5, 0.6) is 0 Å². The highest BCUT2D eigenvalue weighted by Crippen LogP contribution is 2.12. The number of aryl methyl sites for hydroxylation is 1. The van der Waals surface area contributed by atoms with Crippen molar-refractivity contribution < 1.29 is 9.18 Å². The predicted molar refractivity (Wildman–Crippen MR) is 91.5 cm³/mol. The molecule has 2 rings (SSSR count). The van der Waals surface area contributed by atoms with Gasteiger partial charge in [-0.25, -0.2) is 4.39 Å². The molecule has 1 amide bonds. The third-order valence-electron chi connectivity index (χ3n) is 3.71. The number of nitrogens with one attached hydrogen (secondary N) is 1. The van der Waals surface area contributed by atoms with Crippen molar-refractivity contribution in [2.75, 3.05) is 27.2 Å². The highest BCUT2D eigenvalue weighted by atomic mass is 19.1. The zero-order valence-corrected chi connectivity index (χ0v) is 14.2. The summed E-state index contributed by atoms with van der Waals surface area (Å²) < 4.78 is 13.9. The molecule has 0 aliphatic carbocycles. The van der Waals surface area contributed by atoms with Crippen molar-refractivity contribution in [1.29, 1.82) is 0 Å². The lowest BCUT2D eigenvalue weighted by molar-refractivity contribution is 0.0728. The largest absolute Gasteiger partial charge is 0.333 e. The molecule has 0 spiro atoms. The Labute approximate surface area is 140 Å². The van der Waals surface area contributed by atoms with Gasteiger partial charge in [0.2, 0.25) is 0 Å². The summed E-state index contributed by atoms with van der Waals surface area (Å²) in [6.45, 7) is 2.88. The van der Waals surface area contributed by atoms with Crippen LogP contribution in [0.1, 0.15) is 21.6 Å². The number of benzene rings is 1. The Bertz CT molecular complexity index is 771. The van der Waals surface area contributed by atoms with Crippen molar-refractivity contribution in [1.82, 2.24) is 14.8 Å². The Morgan fingerprint density at radius 1 is 1.12 bits per heavy atom. The Morgan fingerprint density at radius 3 is 2.46 bits per heavy atom. The fourth-order valence-electron chi connectivity index (χ4n) is 2.32. The summed E-state index contributed by atoms with van der Waals surface area (Å²) in [6.07, 6.45) is 0. The lowest BCUT2D eigenvalue weighted by Crippen LogP contribution is -2.38. The standard InChI is InChI=1S/C18H22FN3O2/c1-13-8-9-15(17(23)20-13)18(24)22(11-10-21(2)3)12-14-6-4-5-7-16(14)19/h4-9H,10-12H2,1-3H3,(H,20,23). The lowest BCUT2D eigenvalue weighted by atomic mass is 10.1. The van der Waals surface area contributed by atoms with Crippen molar-refractivity contribution >= 4 is 5.91 Å². The lowest BCUT2D eigenvalue weighted by Gasteiger charge is -2.24. The topological polar surface area (TPSA) is 56.4 Å². The molecule has 0 aliphatic rings. The summed E-state index contributed by atoms with van der Waals surface area (Å²) in [6, 6.07) is 9.54. The molecule has 0 unspecified atom stereocenters. The van der Waals surface area contributed by atoms with E-state index in [1.165, 1.54) is 17.0 Å². The minimum Gasteiger partial charge on any atom is -0.333 e. The average Bonchev–Trinajstić information content (AvgIpc) is 2.52. The number of nitrogens with zero attached hydrogens (tertiary/aromatic N) is 2. The zero-order chi connectivity index (χ0) is 17.7. The van der Waals surface area contributed by atoms with E-state index in [0.29, 0.717) is 24.3 Å². The van der Waals surface area contributed by atoms with Gasteiger partial charge in [0.1, 0.15) is 11.4 Å². The summed E-state index contributed by atoms with van der Waals surface area (Å²) in [4.78, 5) is 30.9. The number of likely N-dealkylation sites (N-methyl/N-ethyl adjacent to an activating group) is 1. The fraction of sp³-hybridized carbons (Fsp3) is 0.333. The zero-order valence-electron chi connectivity index (χ0n) is 14.2. The second-order valence-corrected chi connectivity index (χ2v) is 6.01. The normalized spacial score (nSPS) is 10.9. The van der Waals surface area contributed by atoms with Gasteiger partial charge in [-0.05, 0) is 39.2 Å². The van der Waals surface area contributed by atoms with Crippen molar-refractivity contribution in [3.05, 3.63) is 69.4 Å². The van der Waals surface area contributed by atoms with Gasteiger partial charge in [-0.1, -0.05) is 18.2 Å². The Balaban J connectivity index is 2.29. The van der Waals surface area contributed by atoms with Gasteiger partial charge in [0.15, 0.2) is 0 Å². The Morgan fingerprint density at radius 2 is 1.83 bits per heavy atom. The third kappa shape index (κ3) is 4.52. The van der Waals surface area contributed by atoms with E-state index in [2.05, 4.69) is 4.98 Å². The first-order chi connectivity index (χ1) is 11.4. The van der Waals surface area contributed by atoms with Crippen LogP contribution in [-0.2, 0) is 6.54 Å². The van der Waals surface area contributed by atoms with Crippen LogP contribution in [0.15, 0.2) is 41.2 Å². The molecule has 1 aromatic carbocycles. The molecule has 0 aliphatic heterocycles. The van der Waals surface area contributed by atoms with E-state index in [4.69, 9.17) is 0 Å². The van der Waals surface area contributed by atoms with Crippen LogP contribution >= 0.6 is 0 Å². The first-order valence-corrected chi connectivity index (χ1v) is 7.76. The van der Waals surface area contributed by atoms with Crippen LogP contribution in [0, 0.1) is 12.7 Å². The summed E-state index contributed by atoms with van der Waals surface area (Å²) in [5.41, 5.74) is 0.748. The highest BCUT2D eigenvalue weighted by molar-refractivity contribution is 5.93. The Kier molecular flexibility index (Phi) is 5.87. The first kappa shape index (κ1) is 17.9. The summed E-state index contributed by atoms with van der Waals surface area (Å²) >= 11 is 0. The first-order valence-electron chi connectivity index (χ1n) is 7.76. The van der Waals surface area contributed by atoms with Gasteiger partial charge in [-0.2, -0.15) is 0 Å². The minimum atomic E-state index is -0.427. The maximum Gasteiger partial charge on any atom is 0.260 e. The molecule has 128 valence electrons. The maximum atomic E-state index is 13.9. The van der Waals surface area contributed by atoms with E-state index < -0.39 is 11.5 Å². The number of carbonyl (C=O) groups is 1. The molecule has 0 fully saturated rings. The monoisotopic (exact) mass is 331 g/mol. The molecule has 24 heavy (non-hydrogen) atoms. The molecule has 2 aromatic rings. The van der Waals surface area contributed by atoms with Gasteiger partial charge in [0, 0.05) is 30.9 Å². The molecule has 0 saturated carbocycles. The smallest absolute Gasteiger partial charge is 0.260 e. The van der Waals surface area contributed by atoms with Crippen LogP contribution in [0.4, 0.5) is 4.39 Å². The number of hydrogen-bond donors (Lipinski definition) is 1. The number of pyridine rings is 1. The highest BCUT2D eigenvalue weighted by Gasteiger charge is 2.20. The number of rotatable bonds is 6. The predicted octanol–water partition coefficient (Wildman–Crippen LogP) is 2.03. The molecule has 0 radical (unpaired) electrons. The van der Waals surface area contributed by atoms with Gasteiger partial charge >= 0.3 is 0 Å². The molecular formula is C18H22FN3O2. The molecule has 5 nitrogen and oxygen atoms in total. The number of carbonyl (C=O) groups excluding carboxylic acids is 1. The molecule has 0 saturated heterocycles. The molecular weight excluding hydrogens is 309 g/mol. The summed E-state index contributed by atoms with van der Waals surface area (Å²) in [5.74, 6) is -0.765. The van der Waals surface area contributed by atoms with Crippen LogP contribution in [0.3, 0.4) is 0 Å². The Hall–Kier alpha value is -2.47. The number of aromatic amines is 1. The van der Waals surface area contributed by atoms with Crippen LogP contribution < -0.4 is 5.56 Å². The van der Waals surface area contributed by atoms with E-state index in [1.54, 1.807) is 31.2 Å². The maximum absolute atomic E-state index is 13.9. The third-order valence-corrected chi connectivity index (χ3v) is 3.71. The second-order valence-electron chi connectivity index (χ2n) is 6.01. The van der Waals surface area contributed by atoms with E-state index in [0.717, 1.165) is 0 Å². The van der Waals surface area contributed by atoms with E-state index in [1.807, 2.05) is 19.0 Å². The van der Waals surface area contributed by atoms with E-state index in [-0.39, 0.29) is 17.9 Å². The van der Waals surface area contributed by atoms with Crippen molar-refractivity contribution in [2.24, 2.45) is 0 Å². The molecule has 0 atom stereocenters. The van der Waals surface area contributed by atoms with Gasteiger partial charge in [-0.15, -0.1) is 0 Å². The number of amides is 1. The van der Waals surface area contributed by atoms with Crippen molar-refractivity contribution in [2.45, 2.75) is 13.5 Å². The number of hydrogen-bond acceptors (Lipinski definition) is 3. The molecule has 1 aromatic heterocycles. The number of aromatic nitrogens is 1. The average molecular weight is 331 g/mol. The van der Waals surface area contributed by atoms with Crippen LogP contribution in [-0.4, -0.2) is 47.9 Å². The van der Waals surface area contributed by atoms with Crippen LogP contribution in [0.2, 0.25) is 0 Å². The fourth-order valence-corrected chi connectivity index (χ4v) is 2.32. The number of halogens is 1. The summed E-state index contributed by atoms with van der Waals surface area (Å²) in [5, 5.41) is 0. The molecule has 0 bridgehead atoms. The molecule has 1 N–H and O–H groups in total. The SMILES string of the molecule is Cc1ccc(C(=O)N(CCN(C)C)Cc2ccccc2F)c(=O)[nH]1. The van der Waals surface area contributed by atoms with Gasteiger partial charge in [0.25, 0.3) is 11.5 Å². The number of H-pyrrole nitrogens is 1. The molecule has 1 heterocycles. The van der Waals surface area contributed by atoms with Crippen molar-refractivity contribution in [3.63, 3.8) is 0 Å². The van der Waals surface area contributed by atoms with Gasteiger partial charge in [-0.3, -0.25) is 9.59 Å². The van der Waals surface area contributed by atoms with Crippen LogP contribution in [0.25, 0.3) is 0 Å². The van der Waals surface area contributed by atoms with Crippen molar-refractivity contribution in [3.8, 4) is 0 Å². The van der Waals surface area contributed by atoms with Gasteiger partial charge in [0.05, 0.1) is 0 Å².